The largest absolute Gasteiger partial charge is 0.324 e. The topological polar surface area (TPSA) is 52.7 Å². The predicted molar refractivity (Wildman–Crippen MR) is 116 cm³/mol. The zero-order valence-electron chi connectivity index (χ0n) is 16.0. The number of nitrogens with zero attached hydrogens (tertiary/aromatic N) is 2. The minimum Gasteiger partial charge on any atom is -0.324 e. The highest BCUT2D eigenvalue weighted by Crippen LogP contribution is 2.37. The number of carbonyl (C=O) groups is 2. The van der Waals surface area contributed by atoms with Crippen molar-refractivity contribution >= 4 is 46.6 Å². The van der Waals surface area contributed by atoms with E-state index in [1.807, 2.05) is 29.2 Å². The molecule has 0 unspecified atom stereocenters. The number of thioether (sulfide) groups is 1. The third-order valence-electron chi connectivity index (χ3n) is 4.51. The molecule has 0 fully saturated rings. The van der Waals surface area contributed by atoms with E-state index >= 15 is 0 Å². The Morgan fingerprint density at radius 3 is 2.68 bits per heavy atom. The summed E-state index contributed by atoms with van der Waals surface area (Å²) >= 11 is 7.88. The fraction of sp³-hybridized carbons (Fsp3) is 0.333. The average molecular weight is 418 g/mol. The van der Waals surface area contributed by atoms with Crippen molar-refractivity contribution in [2.45, 2.75) is 23.5 Å². The minimum atomic E-state index is -0.205. The first-order valence-corrected chi connectivity index (χ1v) is 10.5. The Balaban J connectivity index is 1.61. The summed E-state index contributed by atoms with van der Waals surface area (Å²) in [5, 5.41) is 3.73. The van der Waals surface area contributed by atoms with Crippen LogP contribution in [0.25, 0.3) is 0 Å². The second kappa shape index (κ2) is 9.45. The van der Waals surface area contributed by atoms with Crippen molar-refractivity contribution in [2.75, 3.05) is 36.9 Å². The van der Waals surface area contributed by atoms with E-state index in [1.54, 1.807) is 41.9 Å². The molecule has 148 valence electrons. The number of fused-ring (bicyclic) bond motifs is 1. The smallest absolute Gasteiger partial charge is 0.241 e. The monoisotopic (exact) mass is 417 g/mol. The molecule has 1 aliphatic heterocycles. The highest BCUT2D eigenvalue weighted by Gasteiger charge is 2.25. The van der Waals surface area contributed by atoms with E-state index in [4.69, 9.17) is 11.6 Å². The number of benzene rings is 2. The quantitative estimate of drug-likeness (QED) is 0.794. The number of likely N-dealkylation sites (N-methyl/N-ethyl adjacent to an activating group) is 1. The van der Waals surface area contributed by atoms with Crippen LogP contribution in [0.4, 0.5) is 11.4 Å². The van der Waals surface area contributed by atoms with Crippen LogP contribution < -0.4 is 10.2 Å². The molecule has 1 heterocycles. The Morgan fingerprint density at radius 2 is 1.89 bits per heavy atom. The number of hydrogen-bond acceptors (Lipinski definition) is 4. The molecule has 7 heteroatoms. The highest BCUT2D eigenvalue weighted by atomic mass is 35.5. The molecule has 0 saturated heterocycles. The zero-order chi connectivity index (χ0) is 20.1. The van der Waals surface area contributed by atoms with Gasteiger partial charge in [0.15, 0.2) is 0 Å². The number of para-hydroxylation sites is 2. The van der Waals surface area contributed by atoms with Gasteiger partial charge in [0.1, 0.15) is 0 Å². The Morgan fingerprint density at radius 1 is 1.18 bits per heavy atom. The zero-order valence-corrected chi connectivity index (χ0v) is 17.6. The van der Waals surface area contributed by atoms with Gasteiger partial charge in [-0.05, 0) is 37.7 Å². The Kier molecular flexibility index (Phi) is 6.99. The molecule has 0 aliphatic carbocycles. The maximum atomic E-state index is 12.9. The van der Waals surface area contributed by atoms with Crippen molar-refractivity contribution in [3.05, 3.63) is 53.6 Å². The summed E-state index contributed by atoms with van der Waals surface area (Å²) < 4.78 is 0. The maximum Gasteiger partial charge on any atom is 0.241 e. The van der Waals surface area contributed by atoms with E-state index in [0.717, 1.165) is 17.0 Å². The van der Waals surface area contributed by atoms with Gasteiger partial charge in [0.05, 0.1) is 29.5 Å². The number of amides is 2. The Labute approximate surface area is 175 Å². The average Bonchev–Trinajstić information content (AvgIpc) is 2.81. The fourth-order valence-electron chi connectivity index (χ4n) is 3.12. The molecular formula is C21H24ClN3O2S. The lowest BCUT2D eigenvalue weighted by Gasteiger charge is -2.25. The van der Waals surface area contributed by atoms with E-state index in [-0.39, 0.29) is 24.9 Å². The van der Waals surface area contributed by atoms with Crippen molar-refractivity contribution in [1.82, 2.24) is 4.90 Å². The summed E-state index contributed by atoms with van der Waals surface area (Å²) in [6, 6.07) is 15.1. The summed E-state index contributed by atoms with van der Waals surface area (Å²) in [6.07, 6.45) is 0.932. The van der Waals surface area contributed by atoms with Crippen LogP contribution in [0.5, 0.6) is 0 Å². The van der Waals surface area contributed by atoms with E-state index in [2.05, 4.69) is 18.3 Å². The van der Waals surface area contributed by atoms with Gasteiger partial charge in [-0.2, -0.15) is 0 Å². The summed E-state index contributed by atoms with van der Waals surface area (Å²) in [6.45, 7) is 3.14. The number of rotatable bonds is 5. The Hall–Kier alpha value is -2.02. The highest BCUT2D eigenvalue weighted by molar-refractivity contribution is 8.00. The third-order valence-corrected chi connectivity index (χ3v) is 6.08. The summed E-state index contributed by atoms with van der Waals surface area (Å²) in [7, 11) is 1.77. The molecule has 0 radical (unpaired) electrons. The van der Waals surface area contributed by atoms with Crippen LogP contribution in [-0.4, -0.2) is 48.6 Å². The number of halogens is 1. The molecule has 0 aromatic heterocycles. The first-order valence-electron chi connectivity index (χ1n) is 9.23. The number of nitrogens with one attached hydrogen (secondary N) is 1. The van der Waals surface area contributed by atoms with Gasteiger partial charge in [0.2, 0.25) is 11.8 Å². The molecule has 2 aromatic carbocycles. The lowest BCUT2D eigenvalue weighted by Crippen LogP contribution is -2.42. The summed E-state index contributed by atoms with van der Waals surface area (Å²) in [5.41, 5.74) is 1.53. The summed E-state index contributed by atoms with van der Waals surface area (Å²) in [5.74, 6) is -0.209. The van der Waals surface area contributed by atoms with Gasteiger partial charge in [-0.25, -0.2) is 0 Å². The minimum absolute atomic E-state index is 0.00445. The Bertz CT molecular complexity index is 861. The SMILES string of the molecule is C[C@@H]1CCN(C(=O)CN(C)CC(=O)Nc2ccccc2Cl)c2ccccc2S1. The second-order valence-electron chi connectivity index (χ2n) is 6.93. The number of carbonyl (C=O) groups excluding carboxylic acids is 2. The van der Waals surface area contributed by atoms with E-state index in [1.165, 1.54) is 0 Å². The molecule has 1 aliphatic rings. The molecule has 1 atom stereocenters. The predicted octanol–water partition coefficient (Wildman–Crippen LogP) is 4.13. The molecule has 28 heavy (non-hydrogen) atoms. The fourth-order valence-corrected chi connectivity index (χ4v) is 4.41. The number of hydrogen-bond donors (Lipinski definition) is 1. The number of anilines is 2. The van der Waals surface area contributed by atoms with Crippen LogP contribution in [-0.2, 0) is 9.59 Å². The second-order valence-corrected chi connectivity index (χ2v) is 8.82. The van der Waals surface area contributed by atoms with E-state index in [9.17, 15) is 9.59 Å². The normalized spacial score (nSPS) is 16.4. The first-order chi connectivity index (χ1) is 13.4. The van der Waals surface area contributed by atoms with Crippen molar-refractivity contribution < 1.29 is 9.59 Å². The molecule has 0 bridgehead atoms. The molecule has 0 saturated carbocycles. The van der Waals surface area contributed by atoms with Crippen LogP contribution in [0.1, 0.15) is 13.3 Å². The maximum absolute atomic E-state index is 12.9. The van der Waals surface area contributed by atoms with Crippen molar-refractivity contribution in [3.63, 3.8) is 0 Å². The van der Waals surface area contributed by atoms with Crippen molar-refractivity contribution in [3.8, 4) is 0 Å². The molecule has 2 amide bonds. The van der Waals surface area contributed by atoms with Crippen LogP contribution in [0.15, 0.2) is 53.4 Å². The molecular weight excluding hydrogens is 394 g/mol. The van der Waals surface area contributed by atoms with Gasteiger partial charge < -0.3 is 10.2 Å². The van der Waals surface area contributed by atoms with E-state index in [0.29, 0.717) is 22.5 Å². The van der Waals surface area contributed by atoms with Gasteiger partial charge in [-0.15, -0.1) is 11.8 Å². The first kappa shape index (κ1) is 20.7. The van der Waals surface area contributed by atoms with Crippen LogP contribution in [0, 0.1) is 0 Å². The lowest BCUT2D eigenvalue weighted by atomic mass is 10.2. The van der Waals surface area contributed by atoms with E-state index < -0.39 is 0 Å². The molecule has 0 spiro atoms. The van der Waals surface area contributed by atoms with Crippen molar-refractivity contribution in [1.29, 1.82) is 0 Å². The van der Waals surface area contributed by atoms with Crippen LogP contribution in [0.2, 0.25) is 5.02 Å². The summed E-state index contributed by atoms with van der Waals surface area (Å²) in [4.78, 5) is 29.9. The lowest BCUT2D eigenvalue weighted by molar-refractivity contribution is -0.121. The van der Waals surface area contributed by atoms with Gasteiger partial charge in [-0.1, -0.05) is 42.8 Å². The molecule has 5 nitrogen and oxygen atoms in total. The molecule has 1 N–H and O–H groups in total. The molecule has 3 rings (SSSR count). The van der Waals surface area contributed by atoms with Gasteiger partial charge >= 0.3 is 0 Å². The van der Waals surface area contributed by atoms with Crippen LogP contribution in [0.3, 0.4) is 0 Å². The van der Waals surface area contributed by atoms with Gasteiger partial charge in [0, 0.05) is 16.7 Å². The third kappa shape index (κ3) is 5.28. The molecule has 2 aromatic rings. The van der Waals surface area contributed by atoms with Crippen molar-refractivity contribution in [2.24, 2.45) is 0 Å². The van der Waals surface area contributed by atoms with Gasteiger partial charge in [-0.3, -0.25) is 14.5 Å². The van der Waals surface area contributed by atoms with Crippen LogP contribution >= 0.6 is 23.4 Å². The standard InChI is InChI=1S/C21H24ClN3O2S/c1-15-11-12-25(18-9-5-6-10-19(18)28-15)21(27)14-24(2)13-20(26)23-17-8-4-3-7-16(17)22/h3-10,15H,11-14H2,1-2H3,(H,23,26)/t15-/m1/s1. The van der Waals surface area contributed by atoms with Gasteiger partial charge in [0.25, 0.3) is 0 Å².